The third kappa shape index (κ3) is 4.77. The van der Waals surface area contributed by atoms with Gasteiger partial charge in [0.2, 0.25) is 0 Å². The molecule has 21 heavy (non-hydrogen) atoms. The van der Waals surface area contributed by atoms with Crippen molar-refractivity contribution in [1.82, 2.24) is 0 Å². The van der Waals surface area contributed by atoms with Crippen LogP contribution in [0.15, 0.2) is 12.1 Å². The molecule has 2 nitrogen and oxygen atoms in total. The molecule has 1 saturated carbocycles. The molecule has 1 atom stereocenters. The molecule has 0 amide bonds. The smallest absolute Gasteiger partial charge is 0.141 e. The highest BCUT2D eigenvalue weighted by Gasteiger charge is 2.23. The molecule has 1 unspecified atom stereocenters. The number of rotatable bonds is 5. The Balaban J connectivity index is 2.11. The molecule has 1 aliphatic carbocycles. The summed E-state index contributed by atoms with van der Waals surface area (Å²) >= 11 is 12.4. The summed E-state index contributed by atoms with van der Waals surface area (Å²) in [4.78, 5) is 0. The highest BCUT2D eigenvalue weighted by atomic mass is 35.5. The predicted molar refractivity (Wildman–Crippen MR) is 90.5 cm³/mol. The van der Waals surface area contributed by atoms with Crippen molar-refractivity contribution in [2.45, 2.75) is 64.5 Å². The van der Waals surface area contributed by atoms with E-state index < -0.39 is 0 Å². The van der Waals surface area contributed by atoms with E-state index >= 15 is 0 Å². The van der Waals surface area contributed by atoms with Gasteiger partial charge in [-0.2, -0.15) is 0 Å². The second-order valence-electron chi connectivity index (χ2n) is 6.23. The number of nitrogens with two attached hydrogens (primary N) is 1. The van der Waals surface area contributed by atoms with Crippen LogP contribution in [0, 0.1) is 5.92 Å². The van der Waals surface area contributed by atoms with Crippen LogP contribution in [-0.2, 0) is 6.42 Å². The van der Waals surface area contributed by atoms with E-state index in [0.29, 0.717) is 10.0 Å². The van der Waals surface area contributed by atoms with Gasteiger partial charge in [-0.3, -0.25) is 0 Å². The van der Waals surface area contributed by atoms with E-state index in [4.69, 9.17) is 33.7 Å². The van der Waals surface area contributed by atoms with Gasteiger partial charge in [0.1, 0.15) is 5.75 Å². The summed E-state index contributed by atoms with van der Waals surface area (Å²) in [6.07, 6.45) is 6.96. The van der Waals surface area contributed by atoms with E-state index in [2.05, 4.69) is 6.92 Å². The Morgan fingerprint density at radius 3 is 2.48 bits per heavy atom. The maximum Gasteiger partial charge on any atom is 0.141 e. The molecular formula is C17H25Cl2NO. The van der Waals surface area contributed by atoms with Gasteiger partial charge in [0, 0.05) is 11.1 Å². The van der Waals surface area contributed by atoms with Crippen molar-refractivity contribution >= 4 is 23.2 Å². The monoisotopic (exact) mass is 329 g/mol. The first-order valence-electron chi connectivity index (χ1n) is 7.89. The van der Waals surface area contributed by atoms with Gasteiger partial charge in [0.15, 0.2) is 0 Å². The van der Waals surface area contributed by atoms with Gasteiger partial charge in [0.25, 0.3) is 0 Å². The van der Waals surface area contributed by atoms with E-state index in [9.17, 15) is 0 Å². The molecule has 0 bridgehead atoms. The largest absolute Gasteiger partial charge is 0.489 e. The van der Waals surface area contributed by atoms with Crippen LogP contribution >= 0.6 is 23.2 Å². The third-order valence-corrected chi connectivity index (χ3v) is 4.78. The summed E-state index contributed by atoms with van der Waals surface area (Å²) in [6, 6.07) is 3.72. The minimum Gasteiger partial charge on any atom is -0.489 e. The van der Waals surface area contributed by atoms with Gasteiger partial charge in [-0.05, 0) is 62.6 Å². The quantitative estimate of drug-likeness (QED) is 0.802. The van der Waals surface area contributed by atoms with E-state index in [1.165, 1.54) is 19.3 Å². The standard InChI is InChI=1S/C17H25Cl2NO/c1-3-12-4-6-15(7-5-12)21-17-13(8-11(2)20)9-14(18)10-16(17)19/h9-12,15H,3-8,20H2,1-2H3. The van der Waals surface area contributed by atoms with Crippen LogP contribution in [0.5, 0.6) is 5.75 Å². The zero-order valence-electron chi connectivity index (χ0n) is 12.9. The summed E-state index contributed by atoms with van der Waals surface area (Å²) in [6.45, 7) is 4.24. The topological polar surface area (TPSA) is 35.2 Å². The molecule has 0 radical (unpaired) electrons. The molecule has 2 N–H and O–H groups in total. The van der Waals surface area contributed by atoms with E-state index in [0.717, 1.165) is 36.5 Å². The lowest BCUT2D eigenvalue weighted by Gasteiger charge is -2.29. The van der Waals surface area contributed by atoms with E-state index in [-0.39, 0.29) is 12.1 Å². The zero-order valence-corrected chi connectivity index (χ0v) is 14.4. The Hall–Kier alpha value is -0.440. The van der Waals surface area contributed by atoms with Crippen LogP contribution in [0.4, 0.5) is 0 Å². The Kier molecular flexibility index (Phi) is 6.21. The van der Waals surface area contributed by atoms with Crippen molar-refractivity contribution in [1.29, 1.82) is 0 Å². The Morgan fingerprint density at radius 2 is 1.90 bits per heavy atom. The molecule has 0 aromatic heterocycles. The predicted octanol–water partition coefficient (Wildman–Crippen LogP) is 5.23. The molecule has 118 valence electrons. The fourth-order valence-corrected chi connectivity index (χ4v) is 3.65. The van der Waals surface area contributed by atoms with Gasteiger partial charge < -0.3 is 10.5 Å². The van der Waals surface area contributed by atoms with E-state index in [1.807, 2.05) is 13.0 Å². The molecule has 4 heteroatoms. The number of hydrogen-bond acceptors (Lipinski definition) is 2. The molecule has 1 aliphatic rings. The lowest BCUT2D eigenvalue weighted by atomic mass is 9.86. The first kappa shape index (κ1) is 16.9. The number of halogens is 2. The van der Waals surface area contributed by atoms with Crippen molar-refractivity contribution in [2.75, 3.05) is 0 Å². The summed E-state index contributed by atoms with van der Waals surface area (Å²) in [5.74, 6) is 1.63. The van der Waals surface area contributed by atoms with Crippen LogP contribution in [-0.4, -0.2) is 12.1 Å². The van der Waals surface area contributed by atoms with Crippen molar-refractivity contribution in [3.8, 4) is 5.75 Å². The fraction of sp³-hybridized carbons (Fsp3) is 0.647. The molecule has 0 spiro atoms. The van der Waals surface area contributed by atoms with Crippen LogP contribution in [0.2, 0.25) is 10.0 Å². The van der Waals surface area contributed by atoms with Crippen molar-refractivity contribution in [2.24, 2.45) is 11.7 Å². The number of ether oxygens (including phenoxy) is 1. The normalized spacial score (nSPS) is 23.9. The third-order valence-electron chi connectivity index (χ3n) is 4.28. The van der Waals surface area contributed by atoms with Crippen LogP contribution in [0.1, 0.15) is 51.5 Å². The molecule has 1 aromatic rings. The highest BCUT2D eigenvalue weighted by Crippen LogP contribution is 2.36. The Morgan fingerprint density at radius 1 is 1.24 bits per heavy atom. The number of hydrogen-bond donors (Lipinski definition) is 1. The lowest BCUT2D eigenvalue weighted by Crippen LogP contribution is -2.25. The first-order valence-corrected chi connectivity index (χ1v) is 8.65. The Labute approximate surface area is 137 Å². The molecule has 0 saturated heterocycles. The fourth-order valence-electron chi connectivity index (χ4n) is 3.07. The molecular weight excluding hydrogens is 305 g/mol. The average Bonchev–Trinajstić information content (AvgIpc) is 2.42. The van der Waals surface area contributed by atoms with Crippen LogP contribution < -0.4 is 10.5 Å². The van der Waals surface area contributed by atoms with Crippen LogP contribution in [0.25, 0.3) is 0 Å². The summed E-state index contributed by atoms with van der Waals surface area (Å²) in [5, 5.41) is 1.23. The Bertz CT molecular complexity index is 468. The van der Waals surface area contributed by atoms with Gasteiger partial charge in [-0.1, -0.05) is 36.5 Å². The zero-order chi connectivity index (χ0) is 15.4. The summed E-state index contributed by atoms with van der Waals surface area (Å²) < 4.78 is 6.22. The van der Waals surface area contributed by atoms with Gasteiger partial charge in [-0.25, -0.2) is 0 Å². The summed E-state index contributed by atoms with van der Waals surface area (Å²) in [7, 11) is 0. The van der Waals surface area contributed by atoms with Gasteiger partial charge >= 0.3 is 0 Å². The maximum absolute atomic E-state index is 6.34. The molecule has 1 fully saturated rings. The molecule has 0 heterocycles. The van der Waals surface area contributed by atoms with Crippen molar-refractivity contribution in [3.63, 3.8) is 0 Å². The van der Waals surface area contributed by atoms with Crippen LogP contribution in [0.3, 0.4) is 0 Å². The second kappa shape index (κ2) is 7.71. The van der Waals surface area contributed by atoms with Gasteiger partial charge in [-0.15, -0.1) is 0 Å². The SMILES string of the molecule is CCC1CCC(Oc2c(Cl)cc(Cl)cc2CC(C)N)CC1. The lowest BCUT2D eigenvalue weighted by molar-refractivity contribution is 0.129. The highest BCUT2D eigenvalue weighted by molar-refractivity contribution is 6.35. The first-order chi connectivity index (χ1) is 9.99. The van der Waals surface area contributed by atoms with Crippen molar-refractivity contribution < 1.29 is 4.74 Å². The van der Waals surface area contributed by atoms with Crippen molar-refractivity contribution in [3.05, 3.63) is 27.7 Å². The van der Waals surface area contributed by atoms with E-state index in [1.54, 1.807) is 6.07 Å². The summed E-state index contributed by atoms with van der Waals surface area (Å²) in [5.41, 5.74) is 6.94. The molecule has 1 aromatic carbocycles. The van der Waals surface area contributed by atoms with Gasteiger partial charge in [0.05, 0.1) is 11.1 Å². The number of benzene rings is 1. The molecule has 2 rings (SSSR count). The second-order valence-corrected chi connectivity index (χ2v) is 7.07. The average molecular weight is 330 g/mol. The maximum atomic E-state index is 6.34. The minimum absolute atomic E-state index is 0.0534. The molecule has 0 aliphatic heterocycles. The minimum atomic E-state index is 0.0534.